The van der Waals surface area contributed by atoms with Gasteiger partial charge in [-0.25, -0.2) is 13.2 Å². The van der Waals surface area contributed by atoms with E-state index < -0.39 is 53.6 Å². The van der Waals surface area contributed by atoms with Gasteiger partial charge in [-0.1, -0.05) is 24.3 Å². The Labute approximate surface area is 207 Å². The number of oxazole rings is 1. The van der Waals surface area contributed by atoms with Crippen molar-refractivity contribution in [2.75, 3.05) is 10.2 Å². The predicted octanol–water partition coefficient (Wildman–Crippen LogP) is 6.26. The van der Waals surface area contributed by atoms with Gasteiger partial charge in [0.15, 0.2) is 23.4 Å². The first-order chi connectivity index (χ1) is 17.5. The Kier molecular flexibility index (Phi) is 6.28. The summed E-state index contributed by atoms with van der Waals surface area (Å²) < 4.78 is 92.2. The van der Waals surface area contributed by atoms with E-state index in [0.29, 0.717) is 13.1 Å². The normalized spacial score (nSPS) is 18.6. The molecule has 1 unspecified atom stereocenters. The molecule has 1 aliphatic carbocycles. The van der Waals surface area contributed by atoms with Crippen molar-refractivity contribution < 1.29 is 40.3 Å². The second kappa shape index (κ2) is 9.31. The third kappa shape index (κ3) is 5.37. The summed E-state index contributed by atoms with van der Waals surface area (Å²) in [5, 5.41) is 2.29. The maximum absolute atomic E-state index is 14.5. The van der Waals surface area contributed by atoms with Crippen LogP contribution in [0.5, 0.6) is 5.75 Å². The lowest BCUT2D eigenvalue weighted by molar-refractivity contribution is -0.130. The highest BCUT2D eigenvalue weighted by Crippen LogP contribution is 2.38. The molecule has 37 heavy (non-hydrogen) atoms. The van der Waals surface area contributed by atoms with Crippen LogP contribution in [-0.4, -0.2) is 29.1 Å². The number of nitrogens with zero attached hydrogens (tertiary/aromatic N) is 2. The van der Waals surface area contributed by atoms with Crippen molar-refractivity contribution in [3.05, 3.63) is 70.9 Å². The van der Waals surface area contributed by atoms with E-state index in [9.17, 15) is 31.1 Å². The van der Waals surface area contributed by atoms with Crippen LogP contribution in [-0.2, 0) is 19.5 Å². The zero-order valence-electron chi connectivity index (χ0n) is 19.2. The molecule has 1 N–H and O–H groups in total. The van der Waals surface area contributed by atoms with Gasteiger partial charge in [0.05, 0.1) is 0 Å². The smallest absolute Gasteiger partial charge is 0.396 e. The molecule has 3 aromatic rings. The lowest BCUT2D eigenvalue weighted by atomic mass is 10.1. The summed E-state index contributed by atoms with van der Waals surface area (Å²) in [6.45, 7) is 0.686. The summed E-state index contributed by atoms with van der Waals surface area (Å²) in [7, 11) is 0. The van der Waals surface area contributed by atoms with E-state index in [1.165, 1.54) is 6.07 Å². The number of aromatic nitrogens is 1. The number of alkyl halides is 5. The average molecular weight is 525 g/mol. The molecule has 0 saturated heterocycles. The molecular formula is C25H21F6N3O3. The van der Waals surface area contributed by atoms with Crippen LogP contribution in [0.1, 0.15) is 46.6 Å². The number of halogens is 6. The fraction of sp³-hybridized carbons (Fsp3) is 0.360. The van der Waals surface area contributed by atoms with Gasteiger partial charge in [0.1, 0.15) is 12.2 Å². The third-order valence-corrected chi connectivity index (χ3v) is 6.28. The van der Waals surface area contributed by atoms with E-state index in [2.05, 4.69) is 10.3 Å². The molecule has 1 aromatic heterocycles. The van der Waals surface area contributed by atoms with Gasteiger partial charge in [-0.3, -0.25) is 4.79 Å². The SMILES string of the molecule is O=C(Nc1ccc(OC2CCCC2(F)F)c(F)c1)c1nc(N2Cc3ccccc3C2)oc1CC(F)(F)F. The number of hydrogen-bond acceptors (Lipinski definition) is 5. The van der Waals surface area contributed by atoms with E-state index in [4.69, 9.17) is 9.15 Å². The quantitative estimate of drug-likeness (QED) is 0.385. The molecule has 0 bridgehead atoms. The monoisotopic (exact) mass is 525 g/mol. The van der Waals surface area contributed by atoms with Crippen LogP contribution in [0.3, 0.4) is 0 Å². The maximum Gasteiger partial charge on any atom is 0.396 e. The number of nitrogens with one attached hydrogen (secondary N) is 1. The molecule has 196 valence electrons. The van der Waals surface area contributed by atoms with Crippen molar-refractivity contribution in [3.8, 4) is 5.75 Å². The van der Waals surface area contributed by atoms with Gasteiger partial charge in [0, 0.05) is 31.3 Å². The Hall–Kier alpha value is -3.70. The number of ether oxygens (including phenoxy) is 1. The second-order valence-corrected chi connectivity index (χ2v) is 9.04. The van der Waals surface area contributed by atoms with Crippen LogP contribution in [0.2, 0.25) is 0 Å². The molecule has 2 aromatic carbocycles. The Balaban J connectivity index is 1.34. The van der Waals surface area contributed by atoms with E-state index in [-0.39, 0.29) is 31.0 Å². The molecule has 12 heteroatoms. The minimum Gasteiger partial charge on any atom is -0.481 e. The fourth-order valence-electron chi connectivity index (χ4n) is 4.48. The molecule has 5 rings (SSSR count). The first-order valence-corrected chi connectivity index (χ1v) is 11.5. The van der Waals surface area contributed by atoms with Crippen molar-refractivity contribution in [1.82, 2.24) is 4.98 Å². The molecule has 1 saturated carbocycles. The van der Waals surface area contributed by atoms with Crippen molar-refractivity contribution in [3.63, 3.8) is 0 Å². The molecule has 1 fully saturated rings. The van der Waals surface area contributed by atoms with E-state index in [1.807, 2.05) is 24.3 Å². The lowest BCUT2D eigenvalue weighted by Gasteiger charge is -2.21. The van der Waals surface area contributed by atoms with Gasteiger partial charge in [0.25, 0.3) is 17.8 Å². The minimum atomic E-state index is -4.67. The van der Waals surface area contributed by atoms with Crippen LogP contribution in [0, 0.1) is 5.82 Å². The Morgan fingerprint density at radius 2 is 1.86 bits per heavy atom. The number of benzene rings is 2. The second-order valence-electron chi connectivity index (χ2n) is 9.04. The van der Waals surface area contributed by atoms with E-state index >= 15 is 0 Å². The zero-order chi connectivity index (χ0) is 26.4. The minimum absolute atomic E-state index is 0.0729. The Morgan fingerprint density at radius 3 is 2.46 bits per heavy atom. The molecular weight excluding hydrogens is 504 g/mol. The molecule has 1 atom stereocenters. The number of carbonyl (C=O) groups is 1. The fourth-order valence-corrected chi connectivity index (χ4v) is 4.48. The lowest BCUT2D eigenvalue weighted by Crippen LogP contribution is -2.32. The Morgan fingerprint density at radius 1 is 1.16 bits per heavy atom. The van der Waals surface area contributed by atoms with Crippen LogP contribution < -0.4 is 15.0 Å². The van der Waals surface area contributed by atoms with Crippen molar-refractivity contribution in [2.45, 2.75) is 57.0 Å². The zero-order valence-corrected chi connectivity index (χ0v) is 19.2. The topological polar surface area (TPSA) is 67.6 Å². The highest BCUT2D eigenvalue weighted by molar-refractivity contribution is 6.03. The highest BCUT2D eigenvalue weighted by Gasteiger charge is 2.46. The summed E-state index contributed by atoms with van der Waals surface area (Å²) in [5.74, 6) is -6.22. The van der Waals surface area contributed by atoms with Crippen molar-refractivity contribution in [1.29, 1.82) is 0 Å². The molecule has 6 nitrogen and oxygen atoms in total. The molecule has 0 spiro atoms. The van der Waals surface area contributed by atoms with Gasteiger partial charge in [-0.05, 0) is 36.1 Å². The number of hydrogen-bond donors (Lipinski definition) is 1. The summed E-state index contributed by atoms with van der Waals surface area (Å²) in [6, 6.07) is 10.4. The molecule has 2 heterocycles. The molecule has 1 aliphatic heterocycles. The maximum atomic E-state index is 14.5. The van der Waals surface area contributed by atoms with E-state index in [1.54, 1.807) is 4.90 Å². The molecule has 0 radical (unpaired) electrons. The van der Waals surface area contributed by atoms with Crippen LogP contribution >= 0.6 is 0 Å². The number of amides is 1. The van der Waals surface area contributed by atoms with Crippen LogP contribution in [0.25, 0.3) is 0 Å². The molecule has 2 aliphatic rings. The van der Waals surface area contributed by atoms with Crippen LogP contribution in [0.15, 0.2) is 46.9 Å². The van der Waals surface area contributed by atoms with Gasteiger partial charge in [-0.15, -0.1) is 0 Å². The van der Waals surface area contributed by atoms with Gasteiger partial charge < -0.3 is 19.4 Å². The highest BCUT2D eigenvalue weighted by atomic mass is 19.4. The first kappa shape index (κ1) is 25.0. The van der Waals surface area contributed by atoms with Crippen LogP contribution in [0.4, 0.5) is 38.0 Å². The Bertz CT molecular complexity index is 1300. The largest absolute Gasteiger partial charge is 0.481 e. The third-order valence-electron chi connectivity index (χ3n) is 6.28. The number of anilines is 2. The standard InChI is InChI=1S/C25H21F6N3O3/c26-17-10-16(7-8-18(17)36-20-6-3-9-24(20,27)28)32-22(35)21-19(11-25(29,30)31)37-23(33-21)34-12-14-4-1-2-5-15(14)13-34/h1-2,4-5,7-8,10,20H,3,6,9,11-13H2,(H,32,35). The molecule has 1 amide bonds. The van der Waals surface area contributed by atoms with Gasteiger partial charge in [-0.2, -0.15) is 18.2 Å². The van der Waals surface area contributed by atoms with Crippen molar-refractivity contribution >= 4 is 17.6 Å². The van der Waals surface area contributed by atoms with Crippen molar-refractivity contribution in [2.24, 2.45) is 0 Å². The number of carbonyl (C=O) groups excluding carboxylic acids is 1. The average Bonchev–Trinajstić information content (AvgIpc) is 3.51. The first-order valence-electron chi connectivity index (χ1n) is 11.5. The van der Waals surface area contributed by atoms with E-state index in [0.717, 1.165) is 23.3 Å². The van der Waals surface area contributed by atoms with Gasteiger partial charge in [0.2, 0.25) is 0 Å². The summed E-state index contributed by atoms with van der Waals surface area (Å²) in [6.07, 6.45) is -7.69. The predicted molar refractivity (Wildman–Crippen MR) is 120 cm³/mol. The summed E-state index contributed by atoms with van der Waals surface area (Å²) >= 11 is 0. The summed E-state index contributed by atoms with van der Waals surface area (Å²) in [4.78, 5) is 18.5. The number of rotatable bonds is 6. The van der Waals surface area contributed by atoms with Gasteiger partial charge >= 0.3 is 6.18 Å². The number of fused-ring (bicyclic) bond motifs is 1. The summed E-state index contributed by atoms with van der Waals surface area (Å²) in [5.41, 5.74) is 1.20.